The van der Waals surface area contributed by atoms with Gasteiger partial charge in [-0.2, -0.15) is 0 Å². The summed E-state index contributed by atoms with van der Waals surface area (Å²) in [5.74, 6) is 1.89. The highest BCUT2D eigenvalue weighted by atomic mass is 31.1. The van der Waals surface area contributed by atoms with Gasteiger partial charge in [0.25, 0.3) is 0 Å². The lowest BCUT2D eigenvalue weighted by Gasteiger charge is -2.08. The number of carbonyl (C=O) groups is 1. The summed E-state index contributed by atoms with van der Waals surface area (Å²) in [7, 11) is 1.07. The molecular formula is C26H42O4P+. The third-order valence-electron chi connectivity index (χ3n) is 6.57. The van der Waals surface area contributed by atoms with E-state index >= 15 is 0 Å². The summed E-state index contributed by atoms with van der Waals surface area (Å²) in [5, 5.41) is 0. The highest BCUT2D eigenvalue weighted by Crippen LogP contribution is 2.38. The molecule has 0 heterocycles. The van der Waals surface area contributed by atoms with E-state index in [1.807, 2.05) is 0 Å². The van der Waals surface area contributed by atoms with Crippen molar-refractivity contribution in [2.24, 2.45) is 5.92 Å². The maximum atomic E-state index is 12.6. The van der Waals surface area contributed by atoms with Gasteiger partial charge in [0.1, 0.15) is 11.5 Å². The summed E-state index contributed by atoms with van der Waals surface area (Å²) >= 11 is 0. The van der Waals surface area contributed by atoms with E-state index in [0.29, 0.717) is 23.2 Å². The summed E-state index contributed by atoms with van der Waals surface area (Å²) in [6.07, 6.45) is 20.3. The molecule has 0 bridgehead atoms. The van der Waals surface area contributed by atoms with E-state index in [9.17, 15) is 9.36 Å². The SMILES string of the molecule is COc1cccc(OC)c1C(=O)[P+](=O)CCCCCCCCCCCCC1CCCC1. The van der Waals surface area contributed by atoms with Crippen molar-refractivity contribution in [1.82, 2.24) is 0 Å². The Bertz CT molecular complexity index is 645. The number of carbonyl (C=O) groups excluding carboxylic acids is 1. The summed E-state index contributed by atoms with van der Waals surface area (Å²) in [6, 6.07) is 5.17. The van der Waals surface area contributed by atoms with Gasteiger partial charge < -0.3 is 9.47 Å². The number of hydrogen-bond donors (Lipinski definition) is 0. The Hall–Kier alpha value is -1.41. The van der Waals surface area contributed by atoms with E-state index in [1.165, 1.54) is 91.3 Å². The summed E-state index contributed by atoms with van der Waals surface area (Å²) in [4.78, 5) is 12.6. The standard InChI is InChI=1S/C26H42O4P/c1-29-23-19-15-20-24(30-2)25(23)26(27)31(28)21-14-10-8-6-4-3-5-7-9-11-16-22-17-12-13-18-22/h15,19-20,22H,3-14,16-18,21H2,1-2H3/q+1. The van der Waals surface area contributed by atoms with Gasteiger partial charge in [0.05, 0.1) is 14.2 Å². The number of benzene rings is 1. The lowest BCUT2D eigenvalue weighted by atomic mass is 9.99. The Morgan fingerprint density at radius 1 is 0.839 bits per heavy atom. The van der Waals surface area contributed by atoms with E-state index in [-0.39, 0.29) is 5.52 Å². The summed E-state index contributed by atoms with van der Waals surface area (Å²) in [5.41, 5.74) is -0.0610. The first-order valence-corrected chi connectivity index (χ1v) is 13.8. The Kier molecular flexibility index (Phi) is 12.8. The molecule has 2 rings (SSSR count). The third kappa shape index (κ3) is 9.31. The zero-order valence-corrected chi connectivity index (χ0v) is 20.6. The van der Waals surface area contributed by atoms with Crippen molar-refractivity contribution in [2.45, 2.75) is 96.3 Å². The minimum absolute atomic E-state index is 0.303. The zero-order chi connectivity index (χ0) is 22.3. The van der Waals surface area contributed by atoms with E-state index in [0.717, 1.165) is 25.2 Å². The molecule has 4 nitrogen and oxygen atoms in total. The van der Waals surface area contributed by atoms with Crippen LogP contribution >= 0.6 is 7.80 Å². The first-order chi connectivity index (χ1) is 15.2. The molecule has 1 atom stereocenters. The van der Waals surface area contributed by atoms with Crippen LogP contribution in [-0.4, -0.2) is 25.9 Å². The van der Waals surface area contributed by atoms with Gasteiger partial charge in [-0.1, -0.05) is 94.1 Å². The van der Waals surface area contributed by atoms with Gasteiger partial charge in [0.2, 0.25) is 0 Å². The average Bonchev–Trinajstić information content (AvgIpc) is 3.32. The van der Waals surface area contributed by atoms with Gasteiger partial charge in [0, 0.05) is 0 Å². The maximum Gasteiger partial charge on any atom is 0.420 e. The minimum atomic E-state index is -1.95. The van der Waals surface area contributed by atoms with Crippen molar-refractivity contribution < 1.29 is 18.8 Å². The van der Waals surface area contributed by atoms with E-state index < -0.39 is 7.80 Å². The van der Waals surface area contributed by atoms with Crippen LogP contribution in [0.4, 0.5) is 0 Å². The predicted molar refractivity (Wildman–Crippen MR) is 129 cm³/mol. The van der Waals surface area contributed by atoms with Crippen molar-refractivity contribution in [2.75, 3.05) is 20.4 Å². The molecule has 0 spiro atoms. The van der Waals surface area contributed by atoms with Crippen molar-refractivity contribution in [1.29, 1.82) is 0 Å². The first kappa shape index (κ1) is 25.8. The van der Waals surface area contributed by atoms with E-state index in [2.05, 4.69) is 0 Å². The van der Waals surface area contributed by atoms with Crippen LogP contribution < -0.4 is 9.47 Å². The third-order valence-corrected chi connectivity index (χ3v) is 7.97. The highest BCUT2D eigenvalue weighted by Gasteiger charge is 2.34. The average molecular weight is 450 g/mol. The predicted octanol–water partition coefficient (Wildman–Crippen LogP) is 8.15. The molecule has 1 fully saturated rings. The second-order valence-electron chi connectivity index (χ2n) is 8.92. The second-order valence-corrected chi connectivity index (χ2v) is 10.5. The molecule has 1 aliphatic rings. The number of hydrogen-bond acceptors (Lipinski definition) is 4. The smallest absolute Gasteiger partial charge is 0.420 e. The Labute approximate surface area is 190 Å². The fraction of sp³-hybridized carbons (Fsp3) is 0.731. The summed E-state index contributed by atoms with van der Waals surface area (Å²) in [6.45, 7) is 0. The fourth-order valence-corrected chi connectivity index (χ4v) is 5.87. The van der Waals surface area contributed by atoms with Crippen LogP contribution in [0.1, 0.15) is 107 Å². The Morgan fingerprint density at radius 3 is 1.84 bits per heavy atom. The molecule has 1 aromatic carbocycles. The van der Waals surface area contributed by atoms with Crippen molar-refractivity contribution in [3.05, 3.63) is 23.8 Å². The zero-order valence-electron chi connectivity index (χ0n) is 19.7. The van der Waals surface area contributed by atoms with Crippen LogP contribution in [0, 0.1) is 5.92 Å². The molecule has 31 heavy (non-hydrogen) atoms. The lowest BCUT2D eigenvalue weighted by Crippen LogP contribution is -2.03. The van der Waals surface area contributed by atoms with Gasteiger partial charge in [-0.25, -0.2) is 4.79 Å². The Balaban J connectivity index is 1.49. The number of unbranched alkanes of at least 4 members (excludes halogenated alkanes) is 9. The van der Waals surface area contributed by atoms with Crippen LogP contribution in [-0.2, 0) is 4.57 Å². The second kappa shape index (κ2) is 15.4. The maximum absolute atomic E-state index is 12.6. The Morgan fingerprint density at radius 2 is 1.32 bits per heavy atom. The fourth-order valence-electron chi connectivity index (χ4n) is 4.69. The topological polar surface area (TPSA) is 52.6 Å². The van der Waals surface area contributed by atoms with Crippen LogP contribution in [0.15, 0.2) is 18.2 Å². The monoisotopic (exact) mass is 449 g/mol. The molecule has 1 aromatic rings. The normalized spacial score (nSPS) is 14.6. The molecule has 0 aliphatic heterocycles. The lowest BCUT2D eigenvalue weighted by molar-refractivity contribution is 0.107. The molecule has 0 aromatic heterocycles. The molecule has 0 amide bonds. The minimum Gasteiger partial charge on any atom is -0.496 e. The quantitative estimate of drug-likeness (QED) is 0.178. The molecular weight excluding hydrogens is 407 g/mol. The number of methoxy groups -OCH3 is 2. The van der Waals surface area contributed by atoms with Crippen LogP contribution in [0.2, 0.25) is 0 Å². The van der Waals surface area contributed by atoms with Gasteiger partial charge in [-0.05, 0) is 30.9 Å². The molecule has 0 radical (unpaired) electrons. The molecule has 5 heteroatoms. The molecule has 1 aliphatic carbocycles. The van der Waals surface area contributed by atoms with Gasteiger partial charge in [-0.15, -0.1) is 0 Å². The van der Waals surface area contributed by atoms with Crippen LogP contribution in [0.3, 0.4) is 0 Å². The van der Waals surface area contributed by atoms with Crippen LogP contribution in [0.25, 0.3) is 0 Å². The van der Waals surface area contributed by atoms with Crippen molar-refractivity contribution in [3.8, 4) is 11.5 Å². The van der Waals surface area contributed by atoms with E-state index in [1.54, 1.807) is 18.2 Å². The first-order valence-electron chi connectivity index (χ1n) is 12.4. The van der Waals surface area contributed by atoms with E-state index in [4.69, 9.17) is 9.47 Å². The van der Waals surface area contributed by atoms with Crippen LogP contribution in [0.5, 0.6) is 11.5 Å². The molecule has 0 saturated heterocycles. The van der Waals surface area contributed by atoms with Crippen molar-refractivity contribution >= 4 is 13.3 Å². The molecule has 1 saturated carbocycles. The number of rotatable bonds is 17. The largest absolute Gasteiger partial charge is 0.496 e. The van der Waals surface area contributed by atoms with Gasteiger partial charge >= 0.3 is 13.3 Å². The van der Waals surface area contributed by atoms with Gasteiger partial charge in [0.15, 0.2) is 11.7 Å². The summed E-state index contributed by atoms with van der Waals surface area (Å²) < 4.78 is 23.0. The molecule has 1 unspecified atom stereocenters. The van der Waals surface area contributed by atoms with Gasteiger partial charge in [-0.3, -0.25) is 0 Å². The number of ether oxygens (including phenoxy) is 2. The van der Waals surface area contributed by atoms with Crippen molar-refractivity contribution in [3.63, 3.8) is 0 Å². The highest BCUT2D eigenvalue weighted by molar-refractivity contribution is 7.64. The molecule has 174 valence electrons. The molecule has 0 N–H and O–H groups in total.